The van der Waals surface area contributed by atoms with E-state index in [4.69, 9.17) is 23.2 Å². The van der Waals surface area contributed by atoms with Gasteiger partial charge in [-0.2, -0.15) is 0 Å². The summed E-state index contributed by atoms with van der Waals surface area (Å²) in [7, 11) is 0. The van der Waals surface area contributed by atoms with E-state index in [1.165, 1.54) is 12.1 Å². The smallest absolute Gasteiger partial charge is 0.243 e. The van der Waals surface area contributed by atoms with Crippen molar-refractivity contribution in [3.8, 4) is 0 Å². The molecule has 0 bridgehead atoms. The van der Waals surface area contributed by atoms with Crippen LogP contribution in [-0.2, 0) is 4.79 Å². The van der Waals surface area contributed by atoms with Gasteiger partial charge in [-0.3, -0.25) is 4.79 Å². The van der Waals surface area contributed by atoms with Crippen molar-refractivity contribution in [1.29, 1.82) is 0 Å². The largest absolute Gasteiger partial charge is 0.375 e. The highest BCUT2D eigenvalue weighted by molar-refractivity contribution is 6.35. The molecule has 2 aromatic rings. The van der Waals surface area contributed by atoms with E-state index < -0.39 is 5.82 Å². The van der Waals surface area contributed by atoms with Gasteiger partial charge in [0.05, 0.1) is 22.9 Å². The number of benzene rings is 2. The van der Waals surface area contributed by atoms with Crippen molar-refractivity contribution >= 4 is 40.5 Å². The first kappa shape index (κ1) is 15.6. The lowest BCUT2D eigenvalue weighted by atomic mass is 10.2. The van der Waals surface area contributed by atoms with Crippen LogP contribution in [0.4, 0.5) is 15.8 Å². The molecule has 110 valence electrons. The van der Waals surface area contributed by atoms with E-state index in [1.807, 2.05) is 6.92 Å². The van der Waals surface area contributed by atoms with E-state index in [-0.39, 0.29) is 18.1 Å². The fraction of sp³-hybridized carbons (Fsp3) is 0.133. The third-order valence-corrected chi connectivity index (χ3v) is 3.56. The maximum absolute atomic E-state index is 13.4. The third-order valence-electron chi connectivity index (χ3n) is 2.84. The van der Waals surface area contributed by atoms with Crippen molar-refractivity contribution in [3.05, 3.63) is 57.8 Å². The second-order valence-electron chi connectivity index (χ2n) is 4.46. The molecular formula is C15H13Cl2FN2O. The third kappa shape index (κ3) is 4.09. The van der Waals surface area contributed by atoms with Gasteiger partial charge in [0.1, 0.15) is 5.82 Å². The standard InChI is InChI=1S/C15H13Cl2FN2O/c1-9-6-11(17)14(7-10(9)16)19-8-15(21)20-13-5-3-2-4-12(13)18/h2-7,19H,8H2,1H3,(H,20,21). The molecule has 0 fully saturated rings. The number of halogens is 3. The Morgan fingerprint density at radius 2 is 1.86 bits per heavy atom. The monoisotopic (exact) mass is 326 g/mol. The van der Waals surface area contributed by atoms with Crippen LogP contribution in [0.15, 0.2) is 36.4 Å². The van der Waals surface area contributed by atoms with Gasteiger partial charge in [-0.1, -0.05) is 35.3 Å². The molecule has 0 heterocycles. The molecule has 2 N–H and O–H groups in total. The summed E-state index contributed by atoms with van der Waals surface area (Å²) in [5.74, 6) is -0.866. The van der Waals surface area contributed by atoms with E-state index in [9.17, 15) is 9.18 Å². The van der Waals surface area contributed by atoms with Gasteiger partial charge in [0.2, 0.25) is 5.91 Å². The molecule has 0 saturated heterocycles. The first-order valence-electron chi connectivity index (χ1n) is 6.21. The van der Waals surface area contributed by atoms with Gasteiger partial charge in [-0.15, -0.1) is 0 Å². The summed E-state index contributed by atoms with van der Waals surface area (Å²) < 4.78 is 13.4. The summed E-state index contributed by atoms with van der Waals surface area (Å²) in [6, 6.07) is 9.32. The van der Waals surface area contributed by atoms with Gasteiger partial charge < -0.3 is 10.6 Å². The van der Waals surface area contributed by atoms with Crippen molar-refractivity contribution in [2.75, 3.05) is 17.2 Å². The highest BCUT2D eigenvalue weighted by Crippen LogP contribution is 2.28. The lowest BCUT2D eigenvalue weighted by Crippen LogP contribution is -2.22. The molecule has 0 saturated carbocycles. The van der Waals surface area contributed by atoms with Gasteiger partial charge in [-0.25, -0.2) is 4.39 Å². The van der Waals surface area contributed by atoms with Gasteiger partial charge >= 0.3 is 0 Å². The minimum Gasteiger partial charge on any atom is -0.375 e. The van der Waals surface area contributed by atoms with E-state index >= 15 is 0 Å². The highest BCUT2D eigenvalue weighted by Gasteiger charge is 2.08. The maximum atomic E-state index is 13.4. The maximum Gasteiger partial charge on any atom is 0.243 e. The van der Waals surface area contributed by atoms with Crippen LogP contribution in [0.3, 0.4) is 0 Å². The number of aryl methyl sites for hydroxylation is 1. The lowest BCUT2D eigenvalue weighted by molar-refractivity contribution is -0.114. The quantitative estimate of drug-likeness (QED) is 0.869. The summed E-state index contributed by atoms with van der Waals surface area (Å²) in [6.07, 6.45) is 0. The molecule has 2 rings (SSSR count). The number of carbonyl (C=O) groups excluding carboxylic acids is 1. The number of carbonyl (C=O) groups is 1. The Bertz CT molecular complexity index is 677. The normalized spacial score (nSPS) is 10.3. The van der Waals surface area contributed by atoms with Crippen molar-refractivity contribution in [3.63, 3.8) is 0 Å². The number of rotatable bonds is 4. The topological polar surface area (TPSA) is 41.1 Å². The Hall–Kier alpha value is -1.78. The average molecular weight is 327 g/mol. The molecule has 0 atom stereocenters. The van der Waals surface area contributed by atoms with Gasteiger partial charge in [0.15, 0.2) is 0 Å². The first-order valence-corrected chi connectivity index (χ1v) is 6.97. The molecule has 0 aliphatic carbocycles. The lowest BCUT2D eigenvalue weighted by Gasteiger charge is -2.11. The number of anilines is 2. The van der Waals surface area contributed by atoms with Crippen molar-refractivity contribution in [1.82, 2.24) is 0 Å². The zero-order valence-electron chi connectivity index (χ0n) is 11.2. The Labute approximate surface area is 132 Å². The highest BCUT2D eigenvalue weighted by atomic mass is 35.5. The van der Waals surface area contributed by atoms with Gasteiger partial charge in [0.25, 0.3) is 0 Å². The summed E-state index contributed by atoms with van der Waals surface area (Å²) in [6.45, 7) is 1.79. The number of amides is 1. The molecule has 3 nitrogen and oxygen atoms in total. The Kier molecular flexibility index (Phi) is 5.04. The summed E-state index contributed by atoms with van der Waals surface area (Å²) >= 11 is 12.1. The Morgan fingerprint density at radius 3 is 2.57 bits per heavy atom. The number of hydrogen-bond donors (Lipinski definition) is 2. The van der Waals surface area contributed by atoms with E-state index in [1.54, 1.807) is 24.3 Å². The molecule has 1 amide bonds. The minimum absolute atomic E-state index is 0.0482. The predicted octanol–water partition coefficient (Wildman–Crippen LogP) is 4.49. The molecule has 0 spiro atoms. The molecule has 0 aromatic heterocycles. The van der Waals surface area contributed by atoms with Crippen LogP contribution < -0.4 is 10.6 Å². The fourth-order valence-corrected chi connectivity index (χ4v) is 2.16. The summed E-state index contributed by atoms with van der Waals surface area (Å²) in [4.78, 5) is 11.8. The summed E-state index contributed by atoms with van der Waals surface area (Å²) in [5.41, 5.74) is 1.54. The molecule has 6 heteroatoms. The Balaban J connectivity index is 1.99. The SMILES string of the molecule is Cc1cc(Cl)c(NCC(=O)Nc2ccccc2F)cc1Cl. The molecule has 0 aliphatic heterocycles. The van der Waals surface area contributed by atoms with Crippen LogP contribution in [0.5, 0.6) is 0 Å². The van der Waals surface area contributed by atoms with Gasteiger partial charge in [0, 0.05) is 5.02 Å². The molecule has 0 unspecified atom stereocenters. The van der Waals surface area contributed by atoms with E-state index in [0.717, 1.165) is 5.56 Å². The van der Waals surface area contributed by atoms with Crippen molar-refractivity contribution < 1.29 is 9.18 Å². The second kappa shape index (κ2) is 6.78. The molecular weight excluding hydrogens is 314 g/mol. The van der Waals surface area contributed by atoms with E-state index in [0.29, 0.717) is 15.7 Å². The van der Waals surface area contributed by atoms with E-state index in [2.05, 4.69) is 10.6 Å². The van der Waals surface area contributed by atoms with Crippen LogP contribution in [0.25, 0.3) is 0 Å². The molecule has 2 aromatic carbocycles. The van der Waals surface area contributed by atoms with Crippen LogP contribution in [0.1, 0.15) is 5.56 Å². The second-order valence-corrected chi connectivity index (χ2v) is 5.28. The number of hydrogen-bond acceptors (Lipinski definition) is 2. The number of para-hydroxylation sites is 1. The minimum atomic E-state index is -0.484. The average Bonchev–Trinajstić information content (AvgIpc) is 2.44. The first-order chi connectivity index (χ1) is 9.97. The number of nitrogens with one attached hydrogen (secondary N) is 2. The molecule has 21 heavy (non-hydrogen) atoms. The zero-order chi connectivity index (χ0) is 15.4. The fourth-order valence-electron chi connectivity index (χ4n) is 1.71. The van der Waals surface area contributed by atoms with Crippen LogP contribution in [0, 0.1) is 12.7 Å². The van der Waals surface area contributed by atoms with Gasteiger partial charge in [-0.05, 0) is 36.8 Å². The van der Waals surface area contributed by atoms with Crippen LogP contribution >= 0.6 is 23.2 Å². The van der Waals surface area contributed by atoms with Crippen molar-refractivity contribution in [2.24, 2.45) is 0 Å². The zero-order valence-corrected chi connectivity index (χ0v) is 12.7. The van der Waals surface area contributed by atoms with Crippen LogP contribution in [-0.4, -0.2) is 12.5 Å². The van der Waals surface area contributed by atoms with Crippen molar-refractivity contribution in [2.45, 2.75) is 6.92 Å². The molecule has 0 aliphatic rings. The molecule has 0 radical (unpaired) electrons. The summed E-state index contributed by atoms with van der Waals surface area (Å²) in [5, 5.41) is 6.36. The van der Waals surface area contributed by atoms with Crippen LogP contribution in [0.2, 0.25) is 10.0 Å². The predicted molar refractivity (Wildman–Crippen MR) is 84.7 cm³/mol. The Morgan fingerprint density at radius 1 is 1.14 bits per heavy atom.